The molecule has 0 aromatic heterocycles. The number of carbonyl (C=O) groups is 2. The average molecular weight is 354 g/mol. The standard InChI is InChI=1S/C21H26N2O3/c1-5-17-9-6-8-15(2)21(17)23(16(3)24)13-12-20(25)22-18-10-7-11-19(14-18)26-4/h6-11,14H,5,12-13H2,1-4H3,(H,22,25). The highest BCUT2D eigenvalue weighted by Crippen LogP contribution is 2.26. The van der Waals surface area contributed by atoms with Crippen LogP contribution in [-0.4, -0.2) is 25.5 Å². The lowest BCUT2D eigenvalue weighted by atomic mass is 10.0. The molecule has 1 N–H and O–H groups in total. The number of hydrogen-bond donors (Lipinski definition) is 1. The van der Waals surface area contributed by atoms with Crippen molar-refractivity contribution >= 4 is 23.2 Å². The van der Waals surface area contributed by atoms with Crippen LogP contribution in [0.3, 0.4) is 0 Å². The van der Waals surface area contributed by atoms with Gasteiger partial charge >= 0.3 is 0 Å². The van der Waals surface area contributed by atoms with E-state index in [2.05, 4.69) is 12.2 Å². The molecular formula is C21H26N2O3. The number of amides is 2. The lowest BCUT2D eigenvalue weighted by Crippen LogP contribution is -2.33. The number of aryl methyl sites for hydroxylation is 2. The van der Waals surface area contributed by atoms with Crippen LogP contribution in [0.4, 0.5) is 11.4 Å². The normalized spacial score (nSPS) is 10.3. The summed E-state index contributed by atoms with van der Waals surface area (Å²) in [6.07, 6.45) is 1.05. The van der Waals surface area contributed by atoms with Crippen LogP contribution in [0.2, 0.25) is 0 Å². The van der Waals surface area contributed by atoms with E-state index < -0.39 is 0 Å². The van der Waals surface area contributed by atoms with Gasteiger partial charge in [0.25, 0.3) is 0 Å². The maximum Gasteiger partial charge on any atom is 0.226 e. The maximum atomic E-state index is 12.3. The van der Waals surface area contributed by atoms with Gasteiger partial charge < -0.3 is 15.0 Å². The zero-order chi connectivity index (χ0) is 19.1. The molecule has 0 saturated carbocycles. The summed E-state index contributed by atoms with van der Waals surface area (Å²) in [5.41, 5.74) is 3.73. The van der Waals surface area contributed by atoms with Gasteiger partial charge in [0.05, 0.1) is 7.11 Å². The van der Waals surface area contributed by atoms with E-state index in [1.165, 1.54) is 6.92 Å². The van der Waals surface area contributed by atoms with Gasteiger partial charge in [-0.2, -0.15) is 0 Å². The lowest BCUT2D eigenvalue weighted by molar-refractivity contribution is -0.117. The molecule has 26 heavy (non-hydrogen) atoms. The first-order chi connectivity index (χ1) is 12.5. The van der Waals surface area contributed by atoms with Gasteiger partial charge in [0.2, 0.25) is 11.8 Å². The summed E-state index contributed by atoms with van der Waals surface area (Å²) in [5, 5.41) is 2.85. The Labute approximate surface area is 155 Å². The molecule has 0 aliphatic rings. The zero-order valence-corrected chi connectivity index (χ0v) is 15.8. The largest absolute Gasteiger partial charge is 0.497 e. The van der Waals surface area contributed by atoms with Gasteiger partial charge in [0.15, 0.2) is 0 Å². The van der Waals surface area contributed by atoms with Crippen molar-refractivity contribution in [3.63, 3.8) is 0 Å². The van der Waals surface area contributed by atoms with Gasteiger partial charge in [0.1, 0.15) is 5.75 Å². The summed E-state index contributed by atoms with van der Waals surface area (Å²) < 4.78 is 5.16. The molecule has 2 aromatic rings. The number of hydrogen-bond acceptors (Lipinski definition) is 3. The highest BCUT2D eigenvalue weighted by atomic mass is 16.5. The number of benzene rings is 2. The summed E-state index contributed by atoms with van der Waals surface area (Å²) in [6, 6.07) is 13.2. The van der Waals surface area contributed by atoms with Crippen LogP contribution >= 0.6 is 0 Å². The van der Waals surface area contributed by atoms with Crippen molar-refractivity contribution in [3.8, 4) is 5.75 Å². The lowest BCUT2D eigenvalue weighted by Gasteiger charge is -2.25. The Kier molecular flexibility index (Phi) is 6.78. The van der Waals surface area contributed by atoms with Crippen LogP contribution in [0.5, 0.6) is 5.75 Å². The van der Waals surface area contributed by atoms with E-state index in [1.807, 2.05) is 37.3 Å². The quantitative estimate of drug-likeness (QED) is 0.819. The molecule has 5 nitrogen and oxygen atoms in total. The minimum absolute atomic E-state index is 0.0665. The molecule has 2 rings (SSSR count). The molecule has 0 radical (unpaired) electrons. The predicted octanol–water partition coefficient (Wildman–Crippen LogP) is 3.95. The summed E-state index contributed by atoms with van der Waals surface area (Å²) >= 11 is 0. The third-order valence-corrected chi connectivity index (χ3v) is 4.27. The summed E-state index contributed by atoms with van der Waals surface area (Å²) in [5.74, 6) is 0.472. The maximum absolute atomic E-state index is 12.3. The van der Waals surface area contributed by atoms with E-state index in [1.54, 1.807) is 24.1 Å². The monoisotopic (exact) mass is 354 g/mol. The molecule has 2 amide bonds. The van der Waals surface area contributed by atoms with Crippen LogP contribution in [0.1, 0.15) is 31.4 Å². The van der Waals surface area contributed by atoms with E-state index in [0.717, 1.165) is 23.2 Å². The number of ether oxygens (including phenoxy) is 1. The van der Waals surface area contributed by atoms with Gasteiger partial charge in [-0.25, -0.2) is 0 Å². The highest BCUT2D eigenvalue weighted by molar-refractivity contribution is 5.96. The van der Waals surface area contributed by atoms with Crippen LogP contribution in [0, 0.1) is 6.92 Å². The predicted molar refractivity (Wildman–Crippen MR) is 105 cm³/mol. The molecular weight excluding hydrogens is 328 g/mol. The first-order valence-corrected chi connectivity index (χ1v) is 8.76. The fraction of sp³-hybridized carbons (Fsp3) is 0.333. The van der Waals surface area contributed by atoms with E-state index in [-0.39, 0.29) is 18.2 Å². The number of methoxy groups -OCH3 is 1. The highest BCUT2D eigenvalue weighted by Gasteiger charge is 2.18. The smallest absolute Gasteiger partial charge is 0.226 e. The molecule has 5 heteroatoms. The number of carbonyl (C=O) groups excluding carboxylic acids is 2. The second-order valence-corrected chi connectivity index (χ2v) is 6.14. The zero-order valence-electron chi connectivity index (χ0n) is 15.8. The Bertz CT molecular complexity index is 787. The van der Waals surface area contributed by atoms with E-state index in [4.69, 9.17) is 4.74 Å². The van der Waals surface area contributed by atoms with Crippen molar-refractivity contribution in [2.75, 3.05) is 23.9 Å². The third kappa shape index (κ3) is 4.85. The summed E-state index contributed by atoms with van der Waals surface area (Å²) in [4.78, 5) is 26.2. The van der Waals surface area contributed by atoms with Crippen LogP contribution < -0.4 is 15.0 Å². The summed E-state index contributed by atoms with van der Waals surface area (Å²) in [6.45, 7) is 5.92. The van der Waals surface area contributed by atoms with Crippen molar-refractivity contribution in [2.45, 2.75) is 33.6 Å². The van der Waals surface area contributed by atoms with E-state index >= 15 is 0 Å². The Morgan fingerprint density at radius 3 is 2.54 bits per heavy atom. The SMILES string of the molecule is CCc1cccc(C)c1N(CCC(=O)Nc1cccc(OC)c1)C(C)=O. The Morgan fingerprint density at radius 1 is 1.15 bits per heavy atom. The van der Waals surface area contributed by atoms with Gasteiger partial charge in [-0.1, -0.05) is 31.2 Å². The molecule has 0 unspecified atom stereocenters. The number of para-hydroxylation sites is 1. The van der Waals surface area contributed by atoms with Crippen LogP contribution in [-0.2, 0) is 16.0 Å². The van der Waals surface area contributed by atoms with E-state index in [0.29, 0.717) is 18.0 Å². The first kappa shape index (κ1) is 19.5. The number of nitrogens with zero attached hydrogens (tertiary/aromatic N) is 1. The first-order valence-electron chi connectivity index (χ1n) is 8.76. The second kappa shape index (κ2) is 9.04. The Hall–Kier alpha value is -2.82. The van der Waals surface area contributed by atoms with Crippen molar-refractivity contribution < 1.29 is 14.3 Å². The molecule has 0 spiro atoms. The molecule has 0 aliphatic carbocycles. The van der Waals surface area contributed by atoms with Gasteiger partial charge in [-0.15, -0.1) is 0 Å². The van der Waals surface area contributed by atoms with Crippen LogP contribution in [0.25, 0.3) is 0 Å². The minimum atomic E-state index is -0.142. The second-order valence-electron chi connectivity index (χ2n) is 6.14. The molecule has 0 heterocycles. The van der Waals surface area contributed by atoms with Gasteiger partial charge in [0, 0.05) is 37.3 Å². The Morgan fingerprint density at radius 2 is 1.88 bits per heavy atom. The van der Waals surface area contributed by atoms with Crippen molar-refractivity contribution in [1.29, 1.82) is 0 Å². The molecule has 0 aliphatic heterocycles. The fourth-order valence-electron chi connectivity index (χ4n) is 2.96. The topological polar surface area (TPSA) is 58.6 Å². The molecule has 2 aromatic carbocycles. The Balaban J connectivity index is 2.09. The van der Waals surface area contributed by atoms with Crippen molar-refractivity contribution in [2.24, 2.45) is 0 Å². The molecule has 0 bridgehead atoms. The molecule has 0 atom stereocenters. The molecule has 0 saturated heterocycles. The van der Waals surface area contributed by atoms with Gasteiger partial charge in [-0.3, -0.25) is 9.59 Å². The number of rotatable bonds is 7. The molecule has 0 fully saturated rings. The fourth-order valence-corrected chi connectivity index (χ4v) is 2.96. The van der Waals surface area contributed by atoms with Crippen molar-refractivity contribution in [1.82, 2.24) is 0 Å². The van der Waals surface area contributed by atoms with Crippen LogP contribution in [0.15, 0.2) is 42.5 Å². The molecule has 138 valence electrons. The van der Waals surface area contributed by atoms with E-state index in [9.17, 15) is 9.59 Å². The average Bonchev–Trinajstić information content (AvgIpc) is 2.62. The van der Waals surface area contributed by atoms with Gasteiger partial charge in [-0.05, 0) is 36.6 Å². The summed E-state index contributed by atoms with van der Waals surface area (Å²) in [7, 11) is 1.58. The third-order valence-electron chi connectivity index (χ3n) is 4.27. The number of nitrogens with one attached hydrogen (secondary N) is 1. The van der Waals surface area contributed by atoms with Crippen molar-refractivity contribution in [3.05, 3.63) is 53.6 Å². The number of anilines is 2. The minimum Gasteiger partial charge on any atom is -0.497 e.